The summed E-state index contributed by atoms with van der Waals surface area (Å²) in [5, 5.41) is 3.84. The van der Waals surface area contributed by atoms with E-state index in [0.29, 0.717) is 13.1 Å². The van der Waals surface area contributed by atoms with E-state index in [2.05, 4.69) is 19.0 Å². The smallest absolute Gasteiger partial charge is 0.312 e. The molecule has 0 fully saturated rings. The zero-order chi connectivity index (χ0) is 11.0. The van der Waals surface area contributed by atoms with Crippen LogP contribution in [0.5, 0.6) is 0 Å². The molecule has 3 N–H and O–H groups in total. The molecule has 0 aromatic carbocycles. The minimum absolute atomic E-state index is 0.682. The minimum Gasteiger partial charge on any atom is -0.312 e. The van der Waals surface area contributed by atoms with Crippen LogP contribution in [0.4, 0.5) is 0 Å². The van der Waals surface area contributed by atoms with Gasteiger partial charge in [0.2, 0.25) is 0 Å². The van der Waals surface area contributed by atoms with Gasteiger partial charge in [-0.05, 0) is 12.8 Å². The van der Waals surface area contributed by atoms with E-state index in [1.54, 1.807) is 5.01 Å². The van der Waals surface area contributed by atoms with Crippen molar-refractivity contribution in [3.05, 3.63) is 0 Å². The standard InChI is InChI=1S/C8H21N2O3P/c1-3-5-7-10(8-6-4-2)9-14(11,12)13/h3-8H2,1-2H3,(H3,9,11,12,13). The molecule has 6 heteroatoms. The van der Waals surface area contributed by atoms with Crippen LogP contribution in [-0.2, 0) is 4.57 Å². The van der Waals surface area contributed by atoms with E-state index in [9.17, 15) is 4.57 Å². The number of rotatable bonds is 8. The van der Waals surface area contributed by atoms with Gasteiger partial charge in [0.1, 0.15) is 0 Å². The number of hydrogen-bond donors (Lipinski definition) is 3. The molecule has 5 nitrogen and oxygen atoms in total. The fourth-order valence-corrected chi connectivity index (χ4v) is 1.66. The lowest BCUT2D eigenvalue weighted by Gasteiger charge is -2.23. The number of unbranched alkanes of at least 4 members (excludes halogenated alkanes) is 2. The first-order chi connectivity index (χ1) is 6.49. The summed E-state index contributed by atoms with van der Waals surface area (Å²) in [6, 6.07) is 0. The van der Waals surface area contributed by atoms with Gasteiger partial charge >= 0.3 is 7.75 Å². The molecule has 0 bridgehead atoms. The molecule has 0 heterocycles. The minimum atomic E-state index is -4.13. The van der Waals surface area contributed by atoms with Crippen molar-refractivity contribution < 1.29 is 14.4 Å². The monoisotopic (exact) mass is 224 g/mol. The Balaban J connectivity index is 3.90. The number of hydrazine groups is 1. The Bertz CT molecular complexity index is 175. The van der Waals surface area contributed by atoms with Gasteiger partial charge < -0.3 is 9.79 Å². The third kappa shape index (κ3) is 8.66. The highest BCUT2D eigenvalue weighted by molar-refractivity contribution is 7.49. The fourth-order valence-electron chi connectivity index (χ4n) is 1.09. The summed E-state index contributed by atoms with van der Waals surface area (Å²) in [4.78, 5) is 17.5. The molecule has 0 aliphatic rings. The van der Waals surface area contributed by atoms with Crippen LogP contribution < -0.4 is 5.20 Å². The third-order valence-electron chi connectivity index (χ3n) is 1.83. The van der Waals surface area contributed by atoms with Gasteiger partial charge in [0.15, 0.2) is 0 Å². The molecular formula is C8H21N2O3P. The molecule has 0 radical (unpaired) electrons. The quantitative estimate of drug-likeness (QED) is 0.430. The maximum atomic E-state index is 10.7. The number of nitrogens with one attached hydrogen (secondary N) is 1. The molecule has 86 valence electrons. The van der Waals surface area contributed by atoms with Crippen LogP contribution in [-0.4, -0.2) is 27.9 Å². The second-order valence-electron chi connectivity index (χ2n) is 3.34. The maximum absolute atomic E-state index is 10.7. The van der Waals surface area contributed by atoms with Crippen molar-refractivity contribution in [1.29, 1.82) is 0 Å². The van der Waals surface area contributed by atoms with Crippen LogP contribution in [0.25, 0.3) is 0 Å². The number of nitrogens with zero attached hydrogens (tertiary/aromatic N) is 1. The lowest BCUT2D eigenvalue weighted by atomic mass is 10.3. The first-order valence-corrected chi connectivity index (χ1v) is 6.69. The van der Waals surface area contributed by atoms with Gasteiger partial charge in [-0.3, -0.25) is 0 Å². The Morgan fingerprint density at radius 2 is 1.57 bits per heavy atom. The van der Waals surface area contributed by atoms with Gasteiger partial charge in [0.25, 0.3) is 0 Å². The van der Waals surface area contributed by atoms with Gasteiger partial charge in [0, 0.05) is 13.1 Å². The maximum Gasteiger partial charge on any atom is 0.413 e. The van der Waals surface area contributed by atoms with E-state index in [1.807, 2.05) is 0 Å². The summed E-state index contributed by atoms with van der Waals surface area (Å²) in [7, 11) is -4.13. The molecule has 0 aromatic heterocycles. The topological polar surface area (TPSA) is 72.8 Å². The summed E-state index contributed by atoms with van der Waals surface area (Å²) >= 11 is 0. The molecule has 0 amide bonds. The SMILES string of the molecule is CCCCN(CCCC)NP(=O)(O)O. The van der Waals surface area contributed by atoms with Crippen LogP contribution in [0, 0.1) is 0 Å². The highest BCUT2D eigenvalue weighted by Crippen LogP contribution is 2.28. The van der Waals surface area contributed by atoms with Crippen molar-refractivity contribution in [3.63, 3.8) is 0 Å². The molecule has 0 saturated carbocycles. The van der Waals surface area contributed by atoms with Crippen LogP contribution in [0.15, 0.2) is 0 Å². The lowest BCUT2D eigenvalue weighted by molar-refractivity contribution is 0.200. The fraction of sp³-hybridized carbons (Fsp3) is 1.00. The molecule has 14 heavy (non-hydrogen) atoms. The molecule has 0 atom stereocenters. The molecule has 0 unspecified atom stereocenters. The van der Waals surface area contributed by atoms with Crippen LogP contribution in [0.2, 0.25) is 0 Å². The van der Waals surface area contributed by atoms with E-state index in [4.69, 9.17) is 9.79 Å². The largest absolute Gasteiger partial charge is 0.413 e. The molecule has 0 aliphatic carbocycles. The van der Waals surface area contributed by atoms with E-state index in [0.717, 1.165) is 25.7 Å². The summed E-state index contributed by atoms with van der Waals surface area (Å²) in [5.74, 6) is 0. The normalized spacial score (nSPS) is 12.4. The lowest BCUT2D eigenvalue weighted by Crippen LogP contribution is -2.37. The Labute approximate surface area is 85.7 Å². The molecule has 0 aromatic rings. The highest BCUT2D eigenvalue weighted by Gasteiger charge is 2.16. The average molecular weight is 224 g/mol. The van der Waals surface area contributed by atoms with Crippen molar-refractivity contribution in [3.8, 4) is 0 Å². The van der Waals surface area contributed by atoms with E-state index >= 15 is 0 Å². The summed E-state index contributed by atoms with van der Waals surface area (Å²) in [6.45, 7) is 5.47. The summed E-state index contributed by atoms with van der Waals surface area (Å²) in [5.41, 5.74) is 0. The van der Waals surface area contributed by atoms with Crippen LogP contribution in [0.3, 0.4) is 0 Å². The Kier molecular flexibility index (Phi) is 7.41. The van der Waals surface area contributed by atoms with Crippen molar-refractivity contribution >= 4 is 7.75 Å². The molecule has 0 aliphatic heterocycles. The predicted molar refractivity (Wildman–Crippen MR) is 56.6 cm³/mol. The van der Waals surface area contributed by atoms with Crippen molar-refractivity contribution in [2.45, 2.75) is 39.5 Å². The molecule has 0 spiro atoms. The second kappa shape index (κ2) is 7.37. The van der Waals surface area contributed by atoms with E-state index in [-0.39, 0.29) is 0 Å². The van der Waals surface area contributed by atoms with Gasteiger partial charge in [-0.1, -0.05) is 26.7 Å². The van der Waals surface area contributed by atoms with Gasteiger partial charge in [0.05, 0.1) is 0 Å². The molecular weight excluding hydrogens is 203 g/mol. The first kappa shape index (κ1) is 14.1. The molecule has 0 rings (SSSR count). The Morgan fingerprint density at radius 3 is 1.86 bits per heavy atom. The third-order valence-corrected chi connectivity index (χ3v) is 2.38. The first-order valence-electron chi connectivity index (χ1n) is 5.08. The summed E-state index contributed by atoms with van der Waals surface area (Å²) in [6.07, 6.45) is 3.92. The zero-order valence-electron chi connectivity index (χ0n) is 8.94. The molecule has 0 saturated heterocycles. The Hall–Kier alpha value is 0.0700. The van der Waals surface area contributed by atoms with Gasteiger partial charge in [-0.2, -0.15) is 5.20 Å². The van der Waals surface area contributed by atoms with E-state index < -0.39 is 7.75 Å². The van der Waals surface area contributed by atoms with Crippen molar-refractivity contribution in [2.75, 3.05) is 13.1 Å². The van der Waals surface area contributed by atoms with Crippen LogP contribution in [0.1, 0.15) is 39.5 Å². The van der Waals surface area contributed by atoms with Crippen molar-refractivity contribution in [2.24, 2.45) is 0 Å². The average Bonchev–Trinajstić information content (AvgIpc) is 2.07. The van der Waals surface area contributed by atoms with Gasteiger partial charge in [-0.25, -0.2) is 9.57 Å². The second-order valence-corrected chi connectivity index (χ2v) is 4.63. The predicted octanol–water partition coefficient (Wildman–Crippen LogP) is 1.49. The summed E-state index contributed by atoms with van der Waals surface area (Å²) < 4.78 is 10.7. The van der Waals surface area contributed by atoms with Gasteiger partial charge in [-0.15, -0.1) is 0 Å². The number of hydrogen-bond acceptors (Lipinski definition) is 2. The zero-order valence-corrected chi connectivity index (χ0v) is 9.83. The van der Waals surface area contributed by atoms with E-state index in [1.165, 1.54) is 0 Å². The Morgan fingerprint density at radius 1 is 1.14 bits per heavy atom. The van der Waals surface area contributed by atoms with Crippen molar-refractivity contribution in [1.82, 2.24) is 10.2 Å². The van der Waals surface area contributed by atoms with Crippen LogP contribution >= 0.6 is 7.75 Å². The highest BCUT2D eigenvalue weighted by atomic mass is 31.2.